The van der Waals surface area contributed by atoms with Gasteiger partial charge in [0.05, 0.1) is 5.38 Å². The van der Waals surface area contributed by atoms with Gasteiger partial charge in [-0.2, -0.15) is 0 Å². The van der Waals surface area contributed by atoms with Crippen LogP contribution in [-0.2, 0) is 0 Å². The van der Waals surface area contributed by atoms with Gasteiger partial charge in [-0.3, -0.25) is 0 Å². The van der Waals surface area contributed by atoms with E-state index in [1.807, 2.05) is 0 Å². The Morgan fingerprint density at radius 3 is 2.38 bits per heavy atom. The highest BCUT2D eigenvalue weighted by Gasteiger charge is 2.50. The molecule has 0 aromatic heterocycles. The molecule has 3 heteroatoms. The van der Waals surface area contributed by atoms with E-state index in [0.717, 1.165) is 6.42 Å². The molecule has 1 aliphatic rings. The van der Waals surface area contributed by atoms with Crippen molar-refractivity contribution in [3.05, 3.63) is 34.9 Å². The van der Waals surface area contributed by atoms with Crippen LogP contribution < -0.4 is 0 Å². The summed E-state index contributed by atoms with van der Waals surface area (Å²) < 4.78 is 27.0. The van der Waals surface area contributed by atoms with Crippen molar-refractivity contribution in [2.45, 2.75) is 32.6 Å². The lowest BCUT2D eigenvalue weighted by atomic mass is 10.0. The van der Waals surface area contributed by atoms with Crippen molar-refractivity contribution in [1.82, 2.24) is 0 Å². The van der Waals surface area contributed by atoms with E-state index in [1.54, 1.807) is 6.92 Å². The van der Waals surface area contributed by atoms with E-state index < -0.39 is 11.2 Å². The van der Waals surface area contributed by atoms with Crippen molar-refractivity contribution >= 4 is 11.6 Å². The molecule has 0 heterocycles. The van der Waals surface area contributed by atoms with E-state index >= 15 is 0 Å². The van der Waals surface area contributed by atoms with Gasteiger partial charge in [0.2, 0.25) is 0 Å². The lowest BCUT2D eigenvalue weighted by Crippen LogP contribution is -2.03. The molecule has 1 saturated carbocycles. The van der Waals surface area contributed by atoms with Crippen LogP contribution in [0.5, 0.6) is 0 Å². The van der Waals surface area contributed by atoms with Crippen molar-refractivity contribution in [3.8, 4) is 0 Å². The topological polar surface area (TPSA) is 0 Å². The van der Waals surface area contributed by atoms with E-state index in [0.29, 0.717) is 11.1 Å². The molecule has 2 atom stereocenters. The Morgan fingerprint density at radius 1 is 1.31 bits per heavy atom. The average molecular weight is 245 g/mol. The average Bonchev–Trinajstić information content (AvgIpc) is 2.80. The van der Waals surface area contributed by atoms with Crippen molar-refractivity contribution in [2.24, 2.45) is 11.3 Å². The van der Waals surface area contributed by atoms with Crippen LogP contribution in [0.15, 0.2) is 12.1 Å². The lowest BCUT2D eigenvalue weighted by Gasteiger charge is -2.13. The van der Waals surface area contributed by atoms with E-state index in [9.17, 15) is 8.78 Å². The van der Waals surface area contributed by atoms with Crippen LogP contribution >= 0.6 is 11.6 Å². The van der Waals surface area contributed by atoms with Gasteiger partial charge < -0.3 is 0 Å². The molecule has 1 fully saturated rings. The van der Waals surface area contributed by atoms with Crippen LogP contribution in [0.4, 0.5) is 8.78 Å². The van der Waals surface area contributed by atoms with Crippen molar-refractivity contribution in [2.75, 3.05) is 0 Å². The van der Waals surface area contributed by atoms with Crippen molar-refractivity contribution in [3.63, 3.8) is 0 Å². The van der Waals surface area contributed by atoms with E-state index in [1.165, 1.54) is 12.1 Å². The van der Waals surface area contributed by atoms with Crippen LogP contribution in [0, 0.1) is 29.9 Å². The fraction of sp³-hybridized carbons (Fsp3) is 0.538. The Balaban J connectivity index is 2.31. The van der Waals surface area contributed by atoms with Gasteiger partial charge in [0.15, 0.2) is 0 Å². The summed E-state index contributed by atoms with van der Waals surface area (Å²) in [4.78, 5) is 0. The summed E-state index contributed by atoms with van der Waals surface area (Å²) in [5.74, 6) is -0.548. The van der Waals surface area contributed by atoms with Crippen molar-refractivity contribution < 1.29 is 8.78 Å². The Morgan fingerprint density at radius 2 is 1.88 bits per heavy atom. The fourth-order valence-corrected chi connectivity index (χ4v) is 2.69. The molecule has 88 valence electrons. The number of alkyl halides is 1. The van der Waals surface area contributed by atoms with Gasteiger partial charge in [-0.05, 0) is 42.4 Å². The van der Waals surface area contributed by atoms with Crippen LogP contribution in [0.1, 0.15) is 36.8 Å². The minimum atomic E-state index is -0.426. The molecule has 2 rings (SSSR count). The molecule has 0 spiro atoms. The van der Waals surface area contributed by atoms with E-state index in [-0.39, 0.29) is 17.2 Å². The summed E-state index contributed by atoms with van der Waals surface area (Å²) in [6.45, 7) is 5.73. The first kappa shape index (κ1) is 11.8. The Kier molecular flexibility index (Phi) is 2.73. The van der Waals surface area contributed by atoms with E-state index in [4.69, 9.17) is 11.6 Å². The number of rotatable bonds is 2. The number of hydrogen-bond donors (Lipinski definition) is 0. The number of hydrogen-bond acceptors (Lipinski definition) is 0. The second-order valence-corrected chi connectivity index (χ2v) is 5.79. The number of benzene rings is 1. The first-order valence-corrected chi connectivity index (χ1v) is 5.86. The van der Waals surface area contributed by atoms with Gasteiger partial charge in [-0.25, -0.2) is 8.78 Å². The Bertz CT molecular complexity index is 426. The summed E-state index contributed by atoms with van der Waals surface area (Å²) in [6, 6.07) is 2.45. The van der Waals surface area contributed by atoms with E-state index in [2.05, 4.69) is 13.8 Å². The third-order valence-corrected chi connectivity index (χ3v) is 4.06. The predicted molar refractivity (Wildman–Crippen MR) is 61.6 cm³/mol. The molecule has 0 saturated heterocycles. The first-order chi connectivity index (χ1) is 7.33. The standard InChI is InChI=1S/C13H15ClF2/c1-7-4-11(16)8(5-10(7)15)12(14)9-6-13(9,2)3/h4-5,9,12H,6H2,1-3H3. The summed E-state index contributed by atoms with van der Waals surface area (Å²) >= 11 is 6.21. The van der Waals surface area contributed by atoms with Gasteiger partial charge in [0, 0.05) is 5.56 Å². The highest BCUT2D eigenvalue weighted by Crippen LogP contribution is 2.60. The first-order valence-electron chi connectivity index (χ1n) is 5.42. The lowest BCUT2D eigenvalue weighted by molar-refractivity contribution is 0.523. The Hall–Kier alpha value is -0.630. The summed E-state index contributed by atoms with van der Waals surface area (Å²) in [5, 5.41) is -0.426. The molecule has 0 bridgehead atoms. The maximum Gasteiger partial charge on any atom is 0.128 e. The van der Waals surface area contributed by atoms with Crippen LogP contribution in [0.3, 0.4) is 0 Å². The minimum Gasteiger partial charge on any atom is -0.207 e. The highest BCUT2D eigenvalue weighted by atomic mass is 35.5. The second-order valence-electron chi connectivity index (χ2n) is 5.32. The molecule has 1 aliphatic carbocycles. The molecule has 0 nitrogen and oxygen atoms in total. The molecule has 16 heavy (non-hydrogen) atoms. The molecule has 1 aromatic carbocycles. The van der Waals surface area contributed by atoms with Crippen LogP contribution in [0.25, 0.3) is 0 Å². The quantitative estimate of drug-likeness (QED) is 0.667. The second kappa shape index (κ2) is 3.69. The molecule has 0 N–H and O–H groups in total. The largest absolute Gasteiger partial charge is 0.207 e. The number of aryl methyl sites for hydroxylation is 1. The maximum atomic E-state index is 13.7. The van der Waals surface area contributed by atoms with Gasteiger partial charge >= 0.3 is 0 Å². The molecule has 2 unspecified atom stereocenters. The SMILES string of the molecule is Cc1cc(F)c(C(Cl)C2CC2(C)C)cc1F. The third-order valence-electron chi connectivity index (χ3n) is 3.52. The molecule has 0 radical (unpaired) electrons. The van der Waals surface area contributed by atoms with Crippen molar-refractivity contribution in [1.29, 1.82) is 0 Å². The van der Waals surface area contributed by atoms with Gasteiger partial charge in [-0.1, -0.05) is 13.8 Å². The summed E-state index contributed by atoms with van der Waals surface area (Å²) in [5.41, 5.74) is 0.765. The predicted octanol–water partition coefficient (Wildman–Crippen LogP) is 4.60. The zero-order chi connectivity index (χ0) is 12.1. The number of halogens is 3. The molecule has 1 aromatic rings. The normalized spacial score (nSPS) is 24.2. The third kappa shape index (κ3) is 1.95. The van der Waals surface area contributed by atoms with Gasteiger partial charge in [0.25, 0.3) is 0 Å². The highest BCUT2D eigenvalue weighted by molar-refractivity contribution is 6.21. The zero-order valence-corrected chi connectivity index (χ0v) is 10.4. The van der Waals surface area contributed by atoms with Crippen LogP contribution in [0.2, 0.25) is 0 Å². The van der Waals surface area contributed by atoms with Gasteiger partial charge in [0.1, 0.15) is 11.6 Å². The molecular formula is C13H15ClF2. The molecular weight excluding hydrogens is 230 g/mol. The van der Waals surface area contributed by atoms with Gasteiger partial charge in [-0.15, -0.1) is 11.6 Å². The fourth-order valence-electron chi connectivity index (χ4n) is 2.10. The zero-order valence-electron chi connectivity index (χ0n) is 9.65. The molecule has 0 aliphatic heterocycles. The Labute approximate surface area is 99.6 Å². The smallest absolute Gasteiger partial charge is 0.128 e. The maximum absolute atomic E-state index is 13.7. The monoisotopic (exact) mass is 244 g/mol. The summed E-state index contributed by atoms with van der Waals surface area (Å²) in [6.07, 6.45) is 0.968. The minimum absolute atomic E-state index is 0.153. The molecule has 0 amide bonds. The summed E-state index contributed by atoms with van der Waals surface area (Å²) in [7, 11) is 0. The van der Waals surface area contributed by atoms with Crippen LogP contribution in [-0.4, -0.2) is 0 Å².